The van der Waals surface area contributed by atoms with Gasteiger partial charge in [0.2, 0.25) is 5.91 Å². The van der Waals surface area contributed by atoms with Crippen LogP contribution in [0.1, 0.15) is 35.1 Å². The lowest BCUT2D eigenvalue weighted by molar-refractivity contribution is -0.118. The molecular formula is C20H20N4O2. The number of amides is 2. The molecule has 0 saturated carbocycles. The number of carbonyl (C=O) groups is 2. The molecule has 3 aromatic rings. The summed E-state index contributed by atoms with van der Waals surface area (Å²) in [7, 11) is 0. The number of nitrogens with one attached hydrogen (secondary N) is 1. The first kappa shape index (κ1) is 16.3. The molecule has 1 aromatic carbocycles. The molecule has 1 N–H and O–H groups in total. The number of carbonyl (C=O) groups excluding carboxylic acids is 2. The molecule has 2 amide bonds. The lowest BCUT2D eigenvalue weighted by Gasteiger charge is -2.28. The second kappa shape index (κ2) is 6.29. The molecule has 0 atom stereocenters. The second-order valence-corrected chi connectivity index (χ2v) is 6.41. The van der Waals surface area contributed by atoms with Crippen molar-refractivity contribution in [1.29, 1.82) is 0 Å². The Morgan fingerprint density at radius 2 is 2.08 bits per heavy atom. The molecule has 0 aliphatic carbocycles. The summed E-state index contributed by atoms with van der Waals surface area (Å²) in [6, 6.07) is 11.4. The molecule has 26 heavy (non-hydrogen) atoms. The minimum Gasteiger partial charge on any atom is -0.321 e. The first-order chi connectivity index (χ1) is 12.6. The number of fused-ring (bicyclic) bond motifs is 2. The van der Waals surface area contributed by atoms with Crippen LogP contribution in [0.5, 0.6) is 0 Å². The van der Waals surface area contributed by atoms with Crippen LogP contribution in [0.25, 0.3) is 5.65 Å². The standard InChI is InChI=1S/C20H20N4O2/c1-3-23-16-9-8-15(12-14(16)7-10-18(23)25)22-20(26)19-13(2)21-17-6-4-5-11-24(17)19/h4-6,8-9,11-12H,3,7,10H2,1-2H3,(H,22,26). The topological polar surface area (TPSA) is 66.7 Å². The van der Waals surface area contributed by atoms with Crippen LogP contribution in [0.15, 0.2) is 42.6 Å². The Labute approximate surface area is 151 Å². The molecule has 2 aromatic heterocycles. The maximum Gasteiger partial charge on any atom is 0.274 e. The summed E-state index contributed by atoms with van der Waals surface area (Å²) in [5, 5.41) is 2.97. The molecule has 0 spiro atoms. The molecular weight excluding hydrogens is 328 g/mol. The van der Waals surface area contributed by atoms with Gasteiger partial charge >= 0.3 is 0 Å². The van der Waals surface area contributed by atoms with Crippen LogP contribution in [0.4, 0.5) is 11.4 Å². The molecule has 3 heterocycles. The first-order valence-corrected chi connectivity index (χ1v) is 8.77. The summed E-state index contributed by atoms with van der Waals surface area (Å²) in [5.74, 6) is -0.0430. The zero-order chi connectivity index (χ0) is 18.3. The van der Waals surface area contributed by atoms with E-state index >= 15 is 0 Å². The third-order valence-electron chi connectivity index (χ3n) is 4.77. The van der Waals surface area contributed by atoms with E-state index in [2.05, 4.69) is 10.3 Å². The third kappa shape index (κ3) is 2.63. The smallest absolute Gasteiger partial charge is 0.274 e. The molecule has 6 heteroatoms. The van der Waals surface area contributed by atoms with Crippen molar-refractivity contribution in [1.82, 2.24) is 9.38 Å². The molecule has 4 rings (SSSR count). The molecule has 0 saturated heterocycles. The Hall–Kier alpha value is -3.15. The quantitative estimate of drug-likeness (QED) is 0.790. The normalized spacial score (nSPS) is 13.8. The SMILES string of the molecule is CCN1C(=O)CCc2cc(NC(=O)c3c(C)nc4ccccn34)ccc21. The van der Waals surface area contributed by atoms with Gasteiger partial charge in [-0.15, -0.1) is 0 Å². The monoisotopic (exact) mass is 348 g/mol. The van der Waals surface area contributed by atoms with E-state index in [-0.39, 0.29) is 11.8 Å². The van der Waals surface area contributed by atoms with Gasteiger partial charge in [-0.2, -0.15) is 0 Å². The van der Waals surface area contributed by atoms with Crippen molar-refractivity contribution in [2.24, 2.45) is 0 Å². The highest BCUT2D eigenvalue weighted by Gasteiger charge is 2.23. The summed E-state index contributed by atoms with van der Waals surface area (Å²) < 4.78 is 1.79. The largest absolute Gasteiger partial charge is 0.321 e. The fourth-order valence-corrected chi connectivity index (χ4v) is 3.56. The van der Waals surface area contributed by atoms with Crippen LogP contribution in [-0.2, 0) is 11.2 Å². The molecule has 1 aliphatic heterocycles. The maximum atomic E-state index is 12.8. The molecule has 132 valence electrons. The van der Waals surface area contributed by atoms with E-state index in [0.29, 0.717) is 30.8 Å². The third-order valence-corrected chi connectivity index (χ3v) is 4.77. The highest BCUT2D eigenvalue weighted by Crippen LogP contribution is 2.30. The Morgan fingerprint density at radius 1 is 1.23 bits per heavy atom. The Bertz CT molecular complexity index is 1020. The number of imidazole rings is 1. The van der Waals surface area contributed by atoms with Gasteiger partial charge in [0.1, 0.15) is 11.3 Å². The highest BCUT2D eigenvalue weighted by molar-refractivity contribution is 6.05. The van der Waals surface area contributed by atoms with Gasteiger partial charge in [0.25, 0.3) is 5.91 Å². The van der Waals surface area contributed by atoms with Gasteiger partial charge in [-0.3, -0.25) is 14.0 Å². The fourth-order valence-electron chi connectivity index (χ4n) is 3.56. The van der Waals surface area contributed by atoms with Crippen molar-refractivity contribution in [2.45, 2.75) is 26.7 Å². The number of rotatable bonds is 3. The molecule has 0 fully saturated rings. The average Bonchev–Trinajstić information content (AvgIpc) is 2.97. The summed E-state index contributed by atoms with van der Waals surface area (Å²) in [4.78, 5) is 31.1. The van der Waals surface area contributed by atoms with E-state index in [9.17, 15) is 9.59 Å². The van der Waals surface area contributed by atoms with Gasteiger partial charge in [0, 0.05) is 30.5 Å². The predicted molar refractivity (Wildman–Crippen MR) is 101 cm³/mol. The molecule has 1 aliphatic rings. The Balaban J connectivity index is 1.64. The number of hydrogen-bond donors (Lipinski definition) is 1. The minimum atomic E-state index is -0.194. The first-order valence-electron chi connectivity index (χ1n) is 8.77. The van der Waals surface area contributed by atoms with Gasteiger partial charge in [0.05, 0.1) is 5.69 Å². The van der Waals surface area contributed by atoms with Crippen molar-refractivity contribution in [3.05, 3.63) is 59.5 Å². The number of aromatic nitrogens is 2. The van der Waals surface area contributed by atoms with E-state index in [1.807, 2.05) is 56.4 Å². The lowest BCUT2D eigenvalue weighted by Crippen LogP contribution is -2.34. The van der Waals surface area contributed by atoms with Crippen molar-refractivity contribution in [3.63, 3.8) is 0 Å². The molecule has 6 nitrogen and oxygen atoms in total. The van der Waals surface area contributed by atoms with Crippen LogP contribution in [0, 0.1) is 6.92 Å². The summed E-state index contributed by atoms with van der Waals surface area (Å²) in [6.07, 6.45) is 3.04. The number of nitrogens with zero attached hydrogens (tertiary/aromatic N) is 3. The van der Waals surface area contributed by atoms with Crippen LogP contribution in [0.3, 0.4) is 0 Å². The lowest BCUT2D eigenvalue weighted by atomic mass is 10.0. The second-order valence-electron chi connectivity index (χ2n) is 6.41. The van der Waals surface area contributed by atoms with E-state index in [0.717, 1.165) is 22.6 Å². The zero-order valence-electron chi connectivity index (χ0n) is 14.8. The van der Waals surface area contributed by atoms with Crippen LogP contribution >= 0.6 is 0 Å². The van der Waals surface area contributed by atoms with Crippen molar-refractivity contribution < 1.29 is 9.59 Å². The fraction of sp³-hybridized carbons (Fsp3) is 0.250. The van der Waals surface area contributed by atoms with Crippen molar-refractivity contribution in [2.75, 3.05) is 16.8 Å². The molecule has 0 radical (unpaired) electrons. The summed E-state index contributed by atoms with van der Waals surface area (Å²) in [6.45, 7) is 4.45. The zero-order valence-corrected chi connectivity index (χ0v) is 14.8. The number of hydrogen-bond acceptors (Lipinski definition) is 3. The molecule has 0 bridgehead atoms. The number of aryl methyl sites for hydroxylation is 2. The van der Waals surface area contributed by atoms with E-state index in [1.165, 1.54) is 0 Å². The van der Waals surface area contributed by atoms with Crippen molar-refractivity contribution in [3.8, 4) is 0 Å². The summed E-state index contributed by atoms with van der Waals surface area (Å²) in [5.41, 5.74) is 4.71. The van der Waals surface area contributed by atoms with Gasteiger partial charge in [-0.1, -0.05) is 6.07 Å². The van der Waals surface area contributed by atoms with Crippen molar-refractivity contribution >= 4 is 28.8 Å². The van der Waals surface area contributed by atoms with E-state index in [4.69, 9.17) is 0 Å². The van der Waals surface area contributed by atoms with E-state index < -0.39 is 0 Å². The van der Waals surface area contributed by atoms with E-state index in [1.54, 1.807) is 9.30 Å². The highest BCUT2D eigenvalue weighted by atomic mass is 16.2. The van der Waals surface area contributed by atoms with Gasteiger partial charge in [0.15, 0.2) is 0 Å². The van der Waals surface area contributed by atoms with Gasteiger partial charge in [-0.25, -0.2) is 4.98 Å². The van der Waals surface area contributed by atoms with Gasteiger partial charge in [-0.05, 0) is 56.2 Å². The van der Waals surface area contributed by atoms with Crippen LogP contribution in [0.2, 0.25) is 0 Å². The van der Waals surface area contributed by atoms with Crippen LogP contribution < -0.4 is 10.2 Å². The van der Waals surface area contributed by atoms with Gasteiger partial charge < -0.3 is 10.2 Å². The Morgan fingerprint density at radius 3 is 2.88 bits per heavy atom. The number of pyridine rings is 1. The Kier molecular flexibility index (Phi) is 3.95. The molecule has 0 unspecified atom stereocenters. The summed E-state index contributed by atoms with van der Waals surface area (Å²) >= 11 is 0. The minimum absolute atomic E-state index is 0.151. The maximum absolute atomic E-state index is 12.8. The average molecular weight is 348 g/mol. The van der Waals surface area contributed by atoms with Crippen LogP contribution in [-0.4, -0.2) is 27.7 Å². The predicted octanol–water partition coefficient (Wildman–Crippen LogP) is 3.19. The number of anilines is 2. The number of benzene rings is 1.